The molecule has 0 aliphatic heterocycles. The second-order valence-corrected chi connectivity index (χ2v) is 10.6. The molecule has 0 heterocycles. The van der Waals surface area contributed by atoms with Crippen LogP contribution in [0.2, 0.25) is 0 Å². The highest BCUT2D eigenvalue weighted by Crippen LogP contribution is 2.16. The molecule has 1 rings (SSSR count). The maximum absolute atomic E-state index is 12.0. The summed E-state index contributed by atoms with van der Waals surface area (Å²) in [6.45, 7) is 5.52. The van der Waals surface area contributed by atoms with E-state index >= 15 is 0 Å². The number of hydrogen-bond donors (Lipinski definition) is 1. The van der Waals surface area contributed by atoms with Crippen LogP contribution in [0.5, 0.6) is 0 Å². The van der Waals surface area contributed by atoms with Crippen molar-refractivity contribution in [3.05, 3.63) is 35.9 Å². The SMILES string of the molecule is CC(C)(C)N(CCNS(=O)(=O)CCCc1ccccc1)S(C)(=O)=O. The summed E-state index contributed by atoms with van der Waals surface area (Å²) in [6.07, 6.45) is 2.35. The van der Waals surface area contributed by atoms with Crippen molar-refractivity contribution in [3.63, 3.8) is 0 Å². The predicted octanol–water partition coefficient (Wildman–Crippen LogP) is 1.60. The summed E-state index contributed by atoms with van der Waals surface area (Å²) in [5, 5.41) is 0. The molecule has 0 radical (unpaired) electrons. The van der Waals surface area contributed by atoms with E-state index in [1.807, 2.05) is 30.3 Å². The Kier molecular flexibility index (Phi) is 7.40. The first-order valence-corrected chi connectivity index (χ1v) is 11.4. The van der Waals surface area contributed by atoms with Gasteiger partial charge in [0.15, 0.2) is 0 Å². The number of aryl methyl sites for hydroxylation is 1. The molecular formula is C16H28N2O4S2. The van der Waals surface area contributed by atoms with Crippen LogP contribution in [0.1, 0.15) is 32.8 Å². The number of rotatable bonds is 9. The van der Waals surface area contributed by atoms with E-state index in [1.165, 1.54) is 4.31 Å². The van der Waals surface area contributed by atoms with Crippen molar-refractivity contribution in [3.8, 4) is 0 Å². The summed E-state index contributed by atoms with van der Waals surface area (Å²) in [5.74, 6) is 0.0241. The molecular weight excluding hydrogens is 348 g/mol. The van der Waals surface area contributed by atoms with Crippen LogP contribution >= 0.6 is 0 Å². The fourth-order valence-corrected chi connectivity index (χ4v) is 4.97. The van der Waals surface area contributed by atoms with Gasteiger partial charge in [-0.3, -0.25) is 0 Å². The predicted molar refractivity (Wildman–Crippen MR) is 97.9 cm³/mol. The van der Waals surface area contributed by atoms with Crippen molar-refractivity contribution in [2.75, 3.05) is 25.1 Å². The lowest BCUT2D eigenvalue weighted by molar-refractivity contribution is 0.254. The fourth-order valence-electron chi connectivity index (χ4n) is 2.48. The van der Waals surface area contributed by atoms with Gasteiger partial charge in [-0.25, -0.2) is 21.6 Å². The third-order valence-corrected chi connectivity index (χ3v) is 6.51. The molecule has 0 bridgehead atoms. The minimum Gasteiger partial charge on any atom is -0.214 e. The number of sulfonamides is 2. The highest BCUT2D eigenvalue weighted by Gasteiger charge is 2.29. The van der Waals surface area contributed by atoms with Crippen molar-refractivity contribution >= 4 is 20.0 Å². The van der Waals surface area contributed by atoms with Gasteiger partial charge in [0.2, 0.25) is 20.0 Å². The lowest BCUT2D eigenvalue weighted by Gasteiger charge is -2.33. The number of benzene rings is 1. The first-order chi connectivity index (χ1) is 10.9. The second-order valence-electron chi connectivity index (χ2n) is 6.81. The van der Waals surface area contributed by atoms with Crippen molar-refractivity contribution < 1.29 is 16.8 Å². The van der Waals surface area contributed by atoms with Crippen LogP contribution in [0.15, 0.2) is 30.3 Å². The van der Waals surface area contributed by atoms with Gasteiger partial charge in [-0.2, -0.15) is 4.31 Å². The molecule has 0 amide bonds. The van der Waals surface area contributed by atoms with Crippen LogP contribution in [-0.2, 0) is 26.5 Å². The molecule has 1 aromatic rings. The smallest absolute Gasteiger partial charge is 0.211 e. The van der Waals surface area contributed by atoms with Crippen LogP contribution in [0.4, 0.5) is 0 Å². The zero-order valence-electron chi connectivity index (χ0n) is 14.8. The van der Waals surface area contributed by atoms with E-state index in [2.05, 4.69) is 4.72 Å². The Morgan fingerprint density at radius 1 is 1.04 bits per heavy atom. The molecule has 0 atom stereocenters. The first kappa shape index (κ1) is 21.1. The van der Waals surface area contributed by atoms with Crippen molar-refractivity contribution in [1.29, 1.82) is 0 Å². The molecule has 0 saturated carbocycles. The summed E-state index contributed by atoms with van der Waals surface area (Å²) in [6, 6.07) is 9.70. The third-order valence-electron chi connectivity index (χ3n) is 3.51. The molecule has 0 saturated heterocycles. The largest absolute Gasteiger partial charge is 0.214 e. The van der Waals surface area contributed by atoms with Gasteiger partial charge < -0.3 is 0 Å². The Bertz CT molecular complexity index is 708. The zero-order chi connectivity index (χ0) is 18.4. The molecule has 0 aliphatic carbocycles. The second kappa shape index (κ2) is 8.42. The standard InChI is InChI=1S/C16H28N2O4S2/c1-16(2,3)18(23(4,19)20)13-12-17-24(21,22)14-8-11-15-9-6-5-7-10-15/h5-7,9-10,17H,8,11-14H2,1-4H3. The van der Waals surface area contributed by atoms with Gasteiger partial charge in [0.1, 0.15) is 0 Å². The van der Waals surface area contributed by atoms with Crippen LogP contribution in [0, 0.1) is 0 Å². The van der Waals surface area contributed by atoms with E-state index in [0.29, 0.717) is 12.8 Å². The first-order valence-electron chi connectivity index (χ1n) is 7.91. The maximum Gasteiger partial charge on any atom is 0.211 e. The average molecular weight is 377 g/mol. The van der Waals surface area contributed by atoms with E-state index in [-0.39, 0.29) is 18.8 Å². The van der Waals surface area contributed by atoms with Gasteiger partial charge in [-0.1, -0.05) is 30.3 Å². The summed E-state index contributed by atoms with van der Waals surface area (Å²) in [4.78, 5) is 0. The third kappa shape index (κ3) is 7.74. The monoisotopic (exact) mass is 376 g/mol. The van der Waals surface area contributed by atoms with Crippen molar-refractivity contribution in [2.45, 2.75) is 39.2 Å². The average Bonchev–Trinajstić information content (AvgIpc) is 2.42. The van der Waals surface area contributed by atoms with Gasteiger partial charge >= 0.3 is 0 Å². The molecule has 0 aliphatic rings. The molecule has 8 heteroatoms. The number of nitrogens with zero attached hydrogens (tertiary/aromatic N) is 1. The topological polar surface area (TPSA) is 83.6 Å². The summed E-state index contributed by atoms with van der Waals surface area (Å²) in [5.41, 5.74) is 0.510. The van der Waals surface area contributed by atoms with Crippen LogP contribution in [0.25, 0.3) is 0 Å². The van der Waals surface area contributed by atoms with Crippen molar-refractivity contribution in [2.24, 2.45) is 0 Å². The van der Waals surface area contributed by atoms with E-state index in [1.54, 1.807) is 20.8 Å². The normalized spacial score (nSPS) is 13.4. The van der Waals surface area contributed by atoms with Gasteiger partial charge in [0, 0.05) is 18.6 Å². The quantitative estimate of drug-likeness (QED) is 0.709. The Hall–Kier alpha value is -0.960. The van der Waals surface area contributed by atoms with Crippen LogP contribution in [-0.4, -0.2) is 51.8 Å². The molecule has 1 aromatic carbocycles. The van der Waals surface area contributed by atoms with E-state index in [4.69, 9.17) is 0 Å². The summed E-state index contributed by atoms with van der Waals surface area (Å²) < 4.78 is 51.5. The molecule has 1 N–H and O–H groups in total. The lowest BCUT2D eigenvalue weighted by atomic mass is 10.1. The summed E-state index contributed by atoms with van der Waals surface area (Å²) >= 11 is 0. The van der Waals surface area contributed by atoms with Gasteiger partial charge in [-0.05, 0) is 39.2 Å². The van der Waals surface area contributed by atoms with Crippen molar-refractivity contribution in [1.82, 2.24) is 9.03 Å². The minimum atomic E-state index is -3.41. The summed E-state index contributed by atoms with van der Waals surface area (Å²) in [7, 11) is -6.80. The highest BCUT2D eigenvalue weighted by molar-refractivity contribution is 7.89. The van der Waals surface area contributed by atoms with E-state index < -0.39 is 25.6 Å². The minimum absolute atomic E-state index is 0.0241. The van der Waals surface area contributed by atoms with E-state index in [0.717, 1.165) is 11.8 Å². The molecule has 0 aromatic heterocycles. The zero-order valence-corrected chi connectivity index (χ0v) is 16.5. The Morgan fingerprint density at radius 2 is 1.62 bits per heavy atom. The molecule has 138 valence electrons. The number of nitrogens with one attached hydrogen (secondary N) is 1. The Balaban J connectivity index is 2.47. The Labute approximate surface area is 146 Å². The molecule has 6 nitrogen and oxygen atoms in total. The lowest BCUT2D eigenvalue weighted by Crippen LogP contribution is -2.48. The molecule has 24 heavy (non-hydrogen) atoms. The van der Waals surface area contributed by atoms with Crippen LogP contribution in [0.3, 0.4) is 0 Å². The van der Waals surface area contributed by atoms with Gasteiger partial charge in [0.05, 0.1) is 12.0 Å². The number of hydrogen-bond acceptors (Lipinski definition) is 4. The fraction of sp³-hybridized carbons (Fsp3) is 0.625. The molecule has 0 unspecified atom stereocenters. The van der Waals surface area contributed by atoms with Gasteiger partial charge in [-0.15, -0.1) is 0 Å². The highest BCUT2D eigenvalue weighted by atomic mass is 32.2. The van der Waals surface area contributed by atoms with E-state index in [9.17, 15) is 16.8 Å². The van der Waals surface area contributed by atoms with Gasteiger partial charge in [0.25, 0.3) is 0 Å². The molecule has 0 fully saturated rings. The van der Waals surface area contributed by atoms with Crippen LogP contribution < -0.4 is 4.72 Å². The maximum atomic E-state index is 12.0. The Morgan fingerprint density at radius 3 is 2.12 bits per heavy atom. The molecule has 0 spiro atoms.